The Morgan fingerprint density at radius 2 is 1.94 bits per heavy atom. The molecule has 0 spiro atoms. The first-order valence-corrected chi connectivity index (χ1v) is 12.8. The van der Waals surface area contributed by atoms with E-state index in [4.69, 9.17) is 18.9 Å². The van der Waals surface area contributed by atoms with Gasteiger partial charge in [-0.1, -0.05) is 0 Å². The fraction of sp³-hybridized carbons (Fsp3) is 0.800. The number of aliphatic imine (C=N–C) groups is 1. The molecular formula is C25H42N4O3. The number of hydrogen-bond donors (Lipinski definition) is 1. The molecule has 180 valence electrons. The Morgan fingerprint density at radius 1 is 1.12 bits per heavy atom. The maximum atomic E-state index is 6.21. The number of nitrogens with zero attached hydrogens (tertiary/aromatic N) is 3. The first-order valence-electron chi connectivity index (χ1n) is 12.8. The summed E-state index contributed by atoms with van der Waals surface area (Å²) in [4.78, 5) is 10.0. The lowest BCUT2D eigenvalue weighted by Gasteiger charge is -2.35. The Morgan fingerprint density at radius 3 is 2.59 bits per heavy atom. The maximum absolute atomic E-state index is 6.21. The summed E-state index contributed by atoms with van der Waals surface area (Å²) in [6.07, 6.45) is 8.86. The molecule has 0 aromatic carbocycles. The smallest absolute Gasteiger partial charge is 0.193 e. The highest BCUT2D eigenvalue weighted by atomic mass is 16.5. The number of aryl methyl sites for hydroxylation is 1. The molecule has 3 aliphatic heterocycles. The van der Waals surface area contributed by atoms with Crippen LogP contribution in [0.4, 0.5) is 0 Å². The largest absolute Gasteiger partial charge is 0.465 e. The zero-order chi connectivity index (χ0) is 22.2. The van der Waals surface area contributed by atoms with E-state index in [9.17, 15) is 0 Å². The Hall–Kier alpha value is -1.57. The number of ether oxygens (including phenoxy) is 2. The highest BCUT2D eigenvalue weighted by Crippen LogP contribution is 2.27. The van der Waals surface area contributed by atoms with Gasteiger partial charge in [0.15, 0.2) is 5.96 Å². The lowest BCUT2D eigenvalue weighted by molar-refractivity contribution is -0.0721. The van der Waals surface area contributed by atoms with Gasteiger partial charge >= 0.3 is 0 Å². The molecular weight excluding hydrogens is 404 g/mol. The van der Waals surface area contributed by atoms with Gasteiger partial charge < -0.3 is 24.1 Å². The molecule has 3 fully saturated rings. The number of guanidine groups is 1. The van der Waals surface area contributed by atoms with Crippen LogP contribution in [0.3, 0.4) is 0 Å². The van der Waals surface area contributed by atoms with Crippen LogP contribution in [0.2, 0.25) is 0 Å². The number of hydrogen-bond acceptors (Lipinski definition) is 5. The van der Waals surface area contributed by atoms with Crippen molar-refractivity contribution < 1.29 is 13.9 Å². The van der Waals surface area contributed by atoms with Crippen molar-refractivity contribution in [3.63, 3.8) is 0 Å². The third kappa shape index (κ3) is 6.49. The number of rotatable bonds is 8. The molecule has 1 aromatic rings. The summed E-state index contributed by atoms with van der Waals surface area (Å²) in [5.74, 6) is 3.04. The van der Waals surface area contributed by atoms with Gasteiger partial charge in [0, 0.05) is 26.2 Å². The Labute approximate surface area is 193 Å². The maximum Gasteiger partial charge on any atom is 0.193 e. The summed E-state index contributed by atoms with van der Waals surface area (Å²) in [5, 5.41) is 3.52. The number of furan rings is 1. The van der Waals surface area contributed by atoms with Gasteiger partial charge in [-0.15, -0.1) is 0 Å². The van der Waals surface area contributed by atoms with E-state index in [1.54, 1.807) is 0 Å². The molecule has 7 nitrogen and oxygen atoms in total. The summed E-state index contributed by atoms with van der Waals surface area (Å²) < 4.78 is 18.0. The van der Waals surface area contributed by atoms with E-state index in [0.717, 1.165) is 89.2 Å². The Kier molecular flexibility index (Phi) is 8.88. The molecule has 2 unspecified atom stereocenters. The number of likely N-dealkylation sites (tertiary alicyclic amines) is 2. The summed E-state index contributed by atoms with van der Waals surface area (Å²) in [7, 11) is 0. The molecule has 4 rings (SSSR count). The van der Waals surface area contributed by atoms with Crippen LogP contribution in [0.25, 0.3) is 0 Å². The molecule has 7 heteroatoms. The highest BCUT2D eigenvalue weighted by Gasteiger charge is 2.27. The van der Waals surface area contributed by atoms with Crippen LogP contribution in [-0.2, 0) is 9.47 Å². The molecule has 0 bridgehead atoms. The lowest BCUT2D eigenvalue weighted by atomic mass is 10.1. The summed E-state index contributed by atoms with van der Waals surface area (Å²) in [5.41, 5.74) is 0. The lowest BCUT2D eigenvalue weighted by Crippen LogP contribution is -2.47. The van der Waals surface area contributed by atoms with Gasteiger partial charge in [-0.05, 0) is 84.0 Å². The van der Waals surface area contributed by atoms with E-state index in [-0.39, 0.29) is 6.04 Å². The molecule has 1 N–H and O–H groups in total. The van der Waals surface area contributed by atoms with Gasteiger partial charge in [-0.3, -0.25) is 9.89 Å². The van der Waals surface area contributed by atoms with Crippen LogP contribution < -0.4 is 5.32 Å². The van der Waals surface area contributed by atoms with Crippen molar-refractivity contribution in [1.82, 2.24) is 15.1 Å². The van der Waals surface area contributed by atoms with E-state index < -0.39 is 0 Å². The summed E-state index contributed by atoms with van der Waals surface area (Å²) in [6.45, 7) is 11.6. The van der Waals surface area contributed by atoms with Gasteiger partial charge in [0.05, 0.1) is 31.4 Å². The zero-order valence-electron chi connectivity index (χ0n) is 20.1. The van der Waals surface area contributed by atoms with Crippen molar-refractivity contribution in [2.45, 2.75) is 77.0 Å². The third-order valence-corrected chi connectivity index (χ3v) is 6.95. The van der Waals surface area contributed by atoms with Crippen LogP contribution >= 0.6 is 0 Å². The first-order chi connectivity index (χ1) is 15.7. The molecule has 1 aromatic heterocycles. The van der Waals surface area contributed by atoms with Crippen LogP contribution in [0.1, 0.15) is 69.4 Å². The predicted molar refractivity (Wildman–Crippen MR) is 127 cm³/mol. The molecule has 3 aliphatic rings. The minimum Gasteiger partial charge on any atom is -0.465 e. The monoisotopic (exact) mass is 446 g/mol. The van der Waals surface area contributed by atoms with Crippen molar-refractivity contribution >= 4 is 5.96 Å². The SMILES string of the molecule is CCNC(=NCC(c1ccc(C)o1)N1CCCC1)N1CCC(OCC2CCCCO2)CC1. The van der Waals surface area contributed by atoms with Crippen LogP contribution in [-0.4, -0.2) is 80.4 Å². The van der Waals surface area contributed by atoms with E-state index in [1.165, 1.54) is 25.7 Å². The van der Waals surface area contributed by atoms with Crippen LogP contribution in [0.15, 0.2) is 21.5 Å². The van der Waals surface area contributed by atoms with Gasteiger partial charge in [0.25, 0.3) is 0 Å². The zero-order valence-corrected chi connectivity index (χ0v) is 20.1. The molecule has 0 amide bonds. The van der Waals surface area contributed by atoms with Crippen molar-refractivity contribution in [3.8, 4) is 0 Å². The minimum atomic E-state index is 0.219. The van der Waals surface area contributed by atoms with E-state index in [1.807, 2.05) is 6.92 Å². The fourth-order valence-electron chi connectivity index (χ4n) is 5.09. The summed E-state index contributed by atoms with van der Waals surface area (Å²) >= 11 is 0. The van der Waals surface area contributed by atoms with Crippen molar-refractivity contribution in [2.24, 2.45) is 4.99 Å². The van der Waals surface area contributed by atoms with Crippen molar-refractivity contribution in [1.29, 1.82) is 0 Å². The van der Waals surface area contributed by atoms with Gasteiger partial charge in [0.1, 0.15) is 11.5 Å². The molecule has 0 radical (unpaired) electrons. The summed E-state index contributed by atoms with van der Waals surface area (Å²) in [6, 6.07) is 4.41. The second-order valence-corrected chi connectivity index (χ2v) is 9.41. The Balaban J connectivity index is 1.32. The standard InChI is InChI=1S/C25H42N4O3/c1-3-26-25(27-18-23(28-13-5-6-14-28)24-10-9-20(2)32-24)29-15-11-21(12-16-29)31-19-22-8-4-7-17-30-22/h9-10,21-23H,3-8,11-19H2,1-2H3,(H,26,27). The highest BCUT2D eigenvalue weighted by molar-refractivity contribution is 5.80. The first kappa shape index (κ1) is 23.6. The van der Waals surface area contributed by atoms with Gasteiger partial charge in [-0.2, -0.15) is 0 Å². The minimum absolute atomic E-state index is 0.219. The molecule has 4 heterocycles. The number of piperidine rings is 1. The second-order valence-electron chi connectivity index (χ2n) is 9.41. The molecule has 0 aliphatic carbocycles. The quantitative estimate of drug-likeness (QED) is 0.485. The number of nitrogens with one attached hydrogen (secondary N) is 1. The van der Waals surface area contributed by atoms with Gasteiger partial charge in [-0.25, -0.2) is 0 Å². The van der Waals surface area contributed by atoms with E-state index >= 15 is 0 Å². The normalized spacial score (nSPS) is 24.8. The van der Waals surface area contributed by atoms with Gasteiger partial charge in [0.2, 0.25) is 0 Å². The average Bonchev–Trinajstić information content (AvgIpc) is 3.51. The third-order valence-electron chi connectivity index (χ3n) is 6.95. The predicted octanol–water partition coefficient (Wildman–Crippen LogP) is 3.74. The fourth-order valence-corrected chi connectivity index (χ4v) is 5.09. The second kappa shape index (κ2) is 12.1. The van der Waals surface area contributed by atoms with Crippen molar-refractivity contribution in [2.75, 3.05) is 52.5 Å². The Bertz CT molecular complexity index is 702. The van der Waals surface area contributed by atoms with E-state index in [2.05, 4.69) is 34.2 Å². The van der Waals surface area contributed by atoms with Crippen LogP contribution in [0.5, 0.6) is 0 Å². The average molecular weight is 447 g/mol. The molecule has 32 heavy (non-hydrogen) atoms. The topological polar surface area (TPSA) is 62.5 Å². The van der Waals surface area contributed by atoms with E-state index in [0.29, 0.717) is 12.2 Å². The molecule has 0 saturated carbocycles. The van der Waals surface area contributed by atoms with Crippen LogP contribution in [0, 0.1) is 6.92 Å². The molecule has 2 atom stereocenters. The van der Waals surface area contributed by atoms with Crippen molar-refractivity contribution in [3.05, 3.63) is 23.7 Å². The molecule has 3 saturated heterocycles.